The Hall–Kier alpha value is -2.23. The van der Waals surface area contributed by atoms with E-state index in [1.165, 1.54) is 6.92 Å². The van der Waals surface area contributed by atoms with E-state index in [0.717, 1.165) is 28.1 Å². The Morgan fingerprint density at radius 2 is 2.05 bits per heavy atom. The third-order valence-electron chi connectivity index (χ3n) is 2.85. The molecule has 2 aromatic heterocycles. The smallest absolute Gasteiger partial charge is 0.217 e. The second-order valence-corrected chi connectivity index (χ2v) is 4.60. The Labute approximate surface area is 112 Å². The number of carbonyl (C=O) groups is 1. The first-order valence-electron chi connectivity index (χ1n) is 6.19. The van der Waals surface area contributed by atoms with E-state index < -0.39 is 0 Å². The van der Waals surface area contributed by atoms with Crippen LogP contribution in [0.25, 0.3) is 11.3 Å². The van der Waals surface area contributed by atoms with Gasteiger partial charge in [-0.1, -0.05) is 6.07 Å². The Morgan fingerprint density at radius 3 is 2.68 bits per heavy atom. The molecular formula is C15H17N3O. The van der Waals surface area contributed by atoms with Crippen molar-refractivity contribution >= 4 is 5.91 Å². The summed E-state index contributed by atoms with van der Waals surface area (Å²) in [5, 5.41) is 2.77. The molecule has 2 rings (SSSR count). The lowest BCUT2D eigenvalue weighted by molar-refractivity contribution is -0.119. The number of nitrogens with zero attached hydrogens (tertiary/aromatic N) is 2. The summed E-state index contributed by atoms with van der Waals surface area (Å²) in [7, 11) is 0. The first kappa shape index (κ1) is 13.2. The molecule has 2 aromatic rings. The molecule has 0 radical (unpaired) electrons. The summed E-state index contributed by atoms with van der Waals surface area (Å²) in [5.74, 6) is -0.0357. The molecule has 0 spiro atoms. The van der Waals surface area contributed by atoms with Crippen molar-refractivity contribution in [3.05, 3.63) is 47.4 Å². The second kappa shape index (κ2) is 5.61. The molecule has 0 bridgehead atoms. The minimum Gasteiger partial charge on any atom is -0.352 e. The summed E-state index contributed by atoms with van der Waals surface area (Å²) < 4.78 is 0. The van der Waals surface area contributed by atoms with E-state index in [1.807, 2.05) is 32.0 Å². The van der Waals surface area contributed by atoms with Crippen LogP contribution in [0.5, 0.6) is 0 Å². The molecule has 0 atom stereocenters. The molecule has 4 heteroatoms. The van der Waals surface area contributed by atoms with Gasteiger partial charge in [-0.05, 0) is 37.1 Å². The highest BCUT2D eigenvalue weighted by Gasteiger charge is 2.05. The zero-order valence-corrected chi connectivity index (χ0v) is 11.4. The highest BCUT2D eigenvalue weighted by molar-refractivity contribution is 5.72. The molecule has 1 N–H and O–H groups in total. The van der Waals surface area contributed by atoms with Gasteiger partial charge in [-0.3, -0.25) is 14.8 Å². The second-order valence-electron chi connectivity index (χ2n) is 4.60. The van der Waals surface area contributed by atoms with Crippen molar-refractivity contribution < 1.29 is 4.79 Å². The van der Waals surface area contributed by atoms with Crippen LogP contribution in [0, 0.1) is 13.8 Å². The van der Waals surface area contributed by atoms with Gasteiger partial charge in [-0.2, -0.15) is 0 Å². The molecule has 0 unspecified atom stereocenters. The summed E-state index contributed by atoms with van der Waals surface area (Å²) in [6.07, 6.45) is 3.59. The minimum atomic E-state index is -0.0357. The van der Waals surface area contributed by atoms with Crippen LogP contribution in [0.2, 0.25) is 0 Å². The van der Waals surface area contributed by atoms with Crippen LogP contribution in [-0.4, -0.2) is 15.9 Å². The fourth-order valence-corrected chi connectivity index (χ4v) is 1.95. The lowest BCUT2D eigenvalue weighted by Crippen LogP contribution is -2.19. The third-order valence-corrected chi connectivity index (χ3v) is 2.85. The number of carbonyl (C=O) groups excluding carboxylic acids is 1. The number of rotatable bonds is 3. The van der Waals surface area contributed by atoms with Crippen molar-refractivity contribution in [1.29, 1.82) is 0 Å². The fourth-order valence-electron chi connectivity index (χ4n) is 1.95. The quantitative estimate of drug-likeness (QED) is 0.916. The maximum atomic E-state index is 10.9. The normalized spacial score (nSPS) is 10.3. The Bertz CT molecular complexity index is 608. The maximum absolute atomic E-state index is 10.9. The predicted octanol–water partition coefficient (Wildman–Crippen LogP) is 2.40. The topological polar surface area (TPSA) is 54.9 Å². The van der Waals surface area contributed by atoms with Crippen molar-refractivity contribution in [2.45, 2.75) is 27.3 Å². The summed E-state index contributed by atoms with van der Waals surface area (Å²) in [5.41, 5.74) is 5.09. The Kier molecular flexibility index (Phi) is 3.90. The lowest BCUT2D eigenvalue weighted by Gasteiger charge is -2.08. The van der Waals surface area contributed by atoms with E-state index in [0.29, 0.717) is 6.54 Å². The van der Waals surface area contributed by atoms with Gasteiger partial charge >= 0.3 is 0 Å². The van der Waals surface area contributed by atoms with Gasteiger partial charge in [0, 0.05) is 37.1 Å². The van der Waals surface area contributed by atoms with Gasteiger partial charge in [-0.15, -0.1) is 0 Å². The summed E-state index contributed by atoms with van der Waals surface area (Å²) >= 11 is 0. The number of aryl methyl sites for hydroxylation is 2. The molecule has 0 aliphatic heterocycles. The van der Waals surface area contributed by atoms with Gasteiger partial charge in [0.25, 0.3) is 0 Å². The van der Waals surface area contributed by atoms with Crippen LogP contribution < -0.4 is 5.32 Å². The monoisotopic (exact) mass is 255 g/mol. The molecule has 19 heavy (non-hydrogen) atoms. The van der Waals surface area contributed by atoms with Gasteiger partial charge < -0.3 is 5.32 Å². The number of amides is 1. The van der Waals surface area contributed by atoms with Crippen molar-refractivity contribution in [3.63, 3.8) is 0 Å². The summed E-state index contributed by atoms with van der Waals surface area (Å²) in [6, 6.07) is 6.02. The molecule has 4 nitrogen and oxygen atoms in total. The highest BCUT2D eigenvalue weighted by Crippen LogP contribution is 2.21. The van der Waals surface area contributed by atoms with E-state index in [4.69, 9.17) is 0 Å². The zero-order chi connectivity index (χ0) is 13.8. The largest absolute Gasteiger partial charge is 0.352 e. The zero-order valence-electron chi connectivity index (χ0n) is 11.4. The molecule has 0 saturated carbocycles. The molecule has 98 valence electrons. The van der Waals surface area contributed by atoms with Crippen LogP contribution in [0.15, 0.2) is 30.6 Å². The molecular weight excluding hydrogens is 238 g/mol. The minimum absolute atomic E-state index is 0.0357. The van der Waals surface area contributed by atoms with Crippen molar-refractivity contribution in [2.24, 2.45) is 0 Å². The number of aromatic nitrogens is 2. The molecule has 0 fully saturated rings. The number of hydrogen-bond acceptors (Lipinski definition) is 3. The lowest BCUT2D eigenvalue weighted by atomic mass is 10.1. The summed E-state index contributed by atoms with van der Waals surface area (Å²) in [6.45, 7) is 6.01. The van der Waals surface area contributed by atoms with Crippen LogP contribution in [0.3, 0.4) is 0 Å². The molecule has 0 saturated heterocycles. The maximum Gasteiger partial charge on any atom is 0.217 e. The Morgan fingerprint density at radius 1 is 1.26 bits per heavy atom. The van der Waals surface area contributed by atoms with E-state index >= 15 is 0 Å². The fraction of sp³-hybridized carbons (Fsp3) is 0.267. The number of pyridine rings is 2. The average Bonchev–Trinajstić information content (AvgIpc) is 2.36. The molecule has 0 aliphatic rings. The van der Waals surface area contributed by atoms with Gasteiger partial charge in [0.15, 0.2) is 0 Å². The third kappa shape index (κ3) is 3.37. The van der Waals surface area contributed by atoms with Crippen LogP contribution >= 0.6 is 0 Å². The summed E-state index contributed by atoms with van der Waals surface area (Å²) in [4.78, 5) is 19.6. The highest BCUT2D eigenvalue weighted by atomic mass is 16.1. The molecule has 0 aromatic carbocycles. The first-order valence-corrected chi connectivity index (χ1v) is 6.19. The van der Waals surface area contributed by atoms with Crippen molar-refractivity contribution in [1.82, 2.24) is 15.3 Å². The van der Waals surface area contributed by atoms with E-state index in [1.54, 1.807) is 12.4 Å². The van der Waals surface area contributed by atoms with Gasteiger partial charge in [0.05, 0.1) is 5.69 Å². The average molecular weight is 255 g/mol. The molecule has 0 aliphatic carbocycles. The number of hydrogen-bond donors (Lipinski definition) is 1. The van der Waals surface area contributed by atoms with E-state index in [2.05, 4.69) is 15.3 Å². The SMILES string of the molecule is CC(=O)NCc1cnc(-c2ccnc(C)c2)c(C)c1. The number of nitrogens with one attached hydrogen (secondary N) is 1. The predicted molar refractivity (Wildman–Crippen MR) is 74.5 cm³/mol. The van der Waals surface area contributed by atoms with E-state index in [-0.39, 0.29) is 5.91 Å². The van der Waals surface area contributed by atoms with Gasteiger partial charge in [0.2, 0.25) is 5.91 Å². The Balaban J connectivity index is 2.26. The van der Waals surface area contributed by atoms with Gasteiger partial charge in [0.1, 0.15) is 0 Å². The first-order chi connectivity index (χ1) is 9.06. The van der Waals surface area contributed by atoms with Crippen LogP contribution in [-0.2, 0) is 11.3 Å². The molecule has 1 amide bonds. The standard InChI is InChI=1S/C15H17N3O/c1-10-6-13(8-17-12(3)19)9-18-15(10)14-4-5-16-11(2)7-14/h4-7,9H,8H2,1-3H3,(H,17,19). The van der Waals surface area contributed by atoms with Crippen LogP contribution in [0.1, 0.15) is 23.7 Å². The van der Waals surface area contributed by atoms with E-state index in [9.17, 15) is 4.79 Å². The van der Waals surface area contributed by atoms with Crippen LogP contribution in [0.4, 0.5) is 0 Å². The van der Waals surface area contributed by atoms with Crippen molar-refractivity contribution in [3.8, 4) is 11.3 Å². The van der Waals surface area contributed by atoms with Gasteiger partial charge in [-0.25, -0.2) is 0 Å². The molecule has 2 heterocycles. The van der Waals surface area contributed by atoms with Crippen molar-refractivity contribution in [2.75, 3.05) is 0 Å².